The van der Waals surface area contributed by atoms with Crippen LogP contribution in [0.2, 0.25) is 5.02 Å². The van der Waals surface area contributed by atoms with E-state index in [1.54, 1.807) is 12.1 Å². The van der Waals surface area contributed by atoms with E-state index in [2.05, 4.69) is 9.97 Å². The summed E-state index contributed by atoms with van der Waals surface area (Å²) in [6.45, 7) is 3.78. The number of hydrogen-bond acceptors (Lipinski definition) is 4. The van der Waals surface area contributed by atoms with Crippen molar-refractivity contribution >= 4 is 17.4 Å². The van der Waals surface area contributed by atoms with E-state index in [9.17, 15) is 4.79 Å². The van der Waals surface area contributed by atoms with Crippen molar-refractivity contribution in [1.29, 1.82) is 0 Å². The summed E-state index contributed by atoms with van der Waals surface area (Å²) in [7, 11) is 0. The number of ketones is 1. The zero-order valence-corrected chi connectivity index (χ0v) is 12.1. The summed E-state index contributed by atoms with van der Waals surface area (Å²) in [6.07, 6.45) is 4.44. The molecule has 2 aromatic rings. The Morgan fingerprint density at radius 3 is 2.80 bits per heavy atom. The van der Waals surface area contributed by atoms with E-state index in [4.69, 9.17) is 16.3 Å². The van der Waals surface area contributed by atoms with Gasteiger partial charge in [-0.3, -0.25) is 9.78 Å². The molecule has 5 heteroatoms. The van der Waals surface area contributed by atoms with Crippen LogP contribution >= 0.6 is 11.6 Å². The molecular formula is C15H15ClN2O2. The van der Waals surface area contributed by atoms with E-state index in [-0.39, 0.29) is 5.78 Å². The number of hydrogen-bond donors (Lipinski definition) is 0. The summed E-state index contributed by atoms with van der Waals surface area (Å²) < 4.78 is 5.74. The van der Waals surface area contributed by atoms with Crippen molar-refractivity contribution in [3.05, 3.63) is 53.1 Å². The number of benzene rings is 1. The minimum atomic E-state index is -0.577. The van der Waals surface area contributed by atoms with Gasteiger partial charge < -0.3 is 4.74 Å². The molecule has 104 valence electrons. The number of aryl methyl sites for hydroxylation is 1. The van der Waals surface area contributed by atoms with Crippen LogP contribution in [0.15, 0.2) is 36.8 Å². The first-order chi connectivity index (χ1) is 9.61. The van der Waals surface area contributed by atoms with Crippen LogP contribution < -0.4 is 4.74 Å². The van der Waals surface area contributed by atoms with Crippen molar-refractivity contribution in [3.8, 4) is 5.75 Å². The number of carbonyl (C=O) groups is 1. The molecule has 0 aliphatic rings. The van der Waals surface area contributed by atoms with E-state index in [1.165, 1.54) is 18.6 Å². The SMILES string of the molecule is CCC(Oc1ccc(Cl)c(C)c1)C(=O)c1cnccn1. The number of rotatable bonds is 5. The lowest BCUT2D eigenvalue weighted by atomic mass is 10.1. The highest BCUT2D eigenvalue weighted by Gasteiger charge is 2.21. The van der Waals surface area contributed by atoms with Crippen molar-refractivity contribution < 1.29 is 9.53 Å². The minimum Gasteiger partial charge on any atom is -0.482 e. The lowest BCUT2D eigenvalue weighted by molar-refractivity contribution is 0.0780. The van der Waals surface area contributed by atoms with Gasteiger partial charge in [0.05, 0.1) is 6.20 Å². The number of Topliss-reactive ketones (excluding diaryl/α,β-unsaturated/α-hetero) is 1. The lowest BCUT2D eigenvalue weighted by Gasteiger charge is -2.16. The molecule has 20 heavy (non-hydrogen) atoms. The highest BCUT2D eigenvalue weighted by Crippen LogP contribution is 2.23. The van der Waals surface area contributed by atoms with Gasteiger partial charge in [0.25, 0.3) is 0 Å². The zero-order chi connectivity index (χ0) is 14.5. The molecule has 1 unspecified atom stereocenters. The van der Waals surface area contributed by atoms with Crippen molar-refractivity contribution in [2.24, 2.45) is 0 Å². The second-order valence-electron chi connectivity index (χ2n) is 4.38. The average Bonchev–Trinajstić information content (AvgIpc) is 2.48. The minimum absolute atomic E-state index is 0.173. The first kappa shape index (κ1) is 14.5. The lowest BCUT2D eigenvalue weighted by Crippen LogP contribution is -2.27. The molecule has 1 atom stereocenters. The maximum atomic E-state index is 12.3. The maximum Gasteiger partial charge on any atom is 0.223 e. The number of carbonyl (C=O) groups excluding carboxylic acids is 1. The fourth-order valence-electron chi connectivity index (χ4n) is 1.77. The third kappa shape index (κ3) is 3.33. The Morgan fingerprint density at radius 2 is 2.20 bits per heavy atom. The van der Waals surface area contributed by atoms with Gasteiger partial charge in [0.2, 0.25) is 5.78 Å². The summed E-state index contributed by atoms with van der Waals surface area (Å²) in [6, 6.07) is 5.32. The Labute approximate surface area is 122 Å². The molecule has 0 spiro atoms. The molecule has 0 N–H and O–H groups in total. The fraction of sp³-hybridized carbons (Fsp3) is 0.267. The van der Waals surface area contributed by atoms with Crippen LogP contribution in [0.3, 0.4) is 0 Å². The van der Waals surface area contributed by atoms with Gasteiger partial charge in [-0.2, -0.15) is 0 Å². The van der Waals surface area contributed by atoms with Crippen molar-refractivity contribution in [2.75, 3.05) is 0 Å². The van der Waals surface area contributed by atoms with Gasteiger partial charge in [-0.25, -0.2) is 4.98 Å². The summed E-state index contributed by atoms with van der Waals surface area (Å²) in [5.41, 5.74) is 1.22. The van der Waals surface area contributed by atoms with Crippen molar-refractivity contribution in [3.63, 3.8) is 0 Å². The van der Waals surface area contributed by atoms with Crippen LogP contribution in [0.1, 0.15) is 29.4 Å². The molecule has 0 saturated carbocycles. The molecule has 0 aliphatic heterocycles. The van der Waals surface area contributed by atoms with Crippen LogP contribution in [-0.4, -0.2) is 21.9 Å². The van der Waals surface area contributed by atoms with Gasteiger partial charge in [-0.15, -0.1) is 0 Å². The smallest absolute Gasteiger partial charge is 0.223 e. The standard InChI is InChI=1S/C15H15ClN2O2/c1-3-14(15(19)13-9-17-6-7-18-13)20-11-4-5-12(16)10(2)8-11/h4-9,14H,3H2,1-2H3. The largest absolute Gasteiger partial charge is 0.482 e. The van der Waals surface area contributed by atoms with Gasteiger partial charge in [-0.05, 0) is 37.1 Å². The van der Waals surface area contributed by atoms with Crippen LogP contribution in [0.25, 0.3) is 0 Å². The molecule has 2 rings (SSSR count). The first-order valence-electron chi connectivity index (χ1n) is 6.35. The van der Waals surface area contributed by atoms with Gasteiger partial charge in [-0.1, -0.05) is 18.5 Å². The molecular weight excluding hydrogens is 276 g/mol. The average molecular weight is 291 g/mol. The van der Waals surface area contributed by atoms with Gasteiger partial charge in [0.1, 0.15) is 11.4 Å². The number of nitrogens with zero attached hydrogens (tertiary/aromatic N) is 2. The Hall–Kier alpha value is -1.94. The van der Waals surface area contributed by atoms with E-state index < -0.39 is 6.10 Å². The Morgan fingerprint density at radius 1 is 1.40 bits per heavy atom. The molecule has 0 aliphatic carbocycles. The molecule has 0 radical (unpaired) electrons. The Bertz CT molecular complexity index is 602. The van der Waals surface area contributed by atoms with E-state index in [0.717, 1.165) is 5.56 Å². The number of halogens is 1. The molecule has 0 fully saturated rings. The monoisotopic (exact) mass is 290 g/mol. The molecule has 0 amide bonds. The van der Waals surface area contributed by atoms with E-state index in [1.807, 2.05) is 19.9 Å². The summed E-state index contributed by atoms with van der Waals surface area (Å²) >= 11 is 5.97. The fourth-order valence-corrected chi connectivity index (χ4v) is 1.89. The Balaban J connectivity index is 2.16. The van der Waals surface area contributed by atoms with Crippen molar-refractivity contribution in [2.45, 2.75) is 26.4 Å². The van der Waals surface area contributed by atoms with Gasteiger partial charge >= 0.3 is 0 Å². The summed E-state index contributed by atoms with van der Waals surface area (Å²) in [4.78, 5) is 20.2. The summed E-state index contributed by atoms with van der Waals surface area (Å²) in [5, 5.41) is 0.672. The maximum absolute atomic E-state index is 12.3. The van der Waals surface area contributed by atoms with E-state index >= 15 is 0 Å². The van der Waals surface area contributed by atoms with Crippen LogP contribution in [0, 0.1) is 6.92 Å². The van der Waals surface area contributed by atoms with E-state index in [0.29, 0.717) is 22.9 Å². The second-order valence-corrected chi connectivity index (χ2v) is 4.79. The predicted octanol–water partition coefficient (Wildman–Crippen LogP) is 3.48. The molecule has 4 nitrogen and oxygen atoms in total. The van der Waals surface area contributed by atoms with Crippen LogP contribution in [0.4, 0.5) is 0 Å². The molecule has 1 heterocycles. The van der Waals surface area contributed by atoms with Gasteiger partial charge in [0.15, 0.2) is 6.10 Å². The third-order valence-electron chi connectivity index (χ3n) is 2.89. The quantitative estimate of drug-likeness (QED) is 0.791. The zero-order valence-electron chi connectivity index (χ0n) is 11.3. The molecule has 0 bridgehead atoms. The van der Waals surface area contributed by atoms with Crippen molar-refractivity contribution in [1.82, 2.24) is 9.97 Å². The predicted molar refractivity (Wildman–Crippen MR) is 77.3 cm³/mol. The van der Waals surface area contributed by atoms with Gasteiger partial charge in [0, 0.05) is 17.4 Å². The topological polar surface area (TPSA) is 52.1 Å². The molecule has 1 aromatic heterocycles. The first-order valence-corrected chi connectivity index (χ1v) is 6.72. The molecule has 0 saturated heterocycles. The normalized spacial score (nSPS) is 11.9. The number of ether oxygens (including phenoxy) is 1. The second kappa shape index (κ2) is 6.48. The Kier molecular flexibility index (Phi) is 4.69. The third-order valence-corrected chi connectivity index (χ3v) is 3.31. The van der Waals surface area contributed by atoms with Crippen LogP contribution in [-0.2, 0) is 0 Å². The summed E-state index contributed by atoms with van der Waals surface area (Å²) in [5.74, 6) is 0.448. The highest BCUT2D eigenvalue weighted by atomic mass is 35.5. The van der Waals surface area contributed by atoms with Crippen LogP contribution in [0.5, 0.6) is 5.75 Å². The molecule has 1 aromatic carbocycles. The number of aromatic nitrogens is 2. The highest BCUT2D eigenvalue weighted by molar-refractivity contribution is 6.31.